The Kier molecular flexibility index (Phi) is 6.38. The number of likely N-dealkylation sites (tertiary alicyclic amines) is 1. The number of hydrogen-bond acceptors (Lipinski definition) is 4. The Labute approximate surface area is 162 Å². The number of ether oxygens (including phenoxy) is 1. The van der Waals surface area contributed by atoms with Crippen molar-refractivity contribution in [2.24, 2.45) is 17.8 Å². The third-order valence-electron chi connectivity index (χ3n) is 5.94. The van der Waals surface area contributed by atoms with Crippen LogP contribution in [-0.2, 0) is 4.79 Å². The second-order valence-corrected chi connectivity index (χ2v) is 8.43. The highest BCUT2D eigenvalue weighted by Crippen LogP contribution is 2.39. The topological polar surface area (TPSA) is 56.6 Å². The van der Waals surface area contributed by atoms with Gasteiger partial charge in [0.15, 0.2) is 0 Å². The maximum atomic E-state index is 12.5. The second-order valence-electron chi connectivity index (χ2n) is 8.43. The van der Waals surface area contributed by atoms with Crippen LogP contribution in [-0.4, -0.2) is 55.0 Å². The van der Waals surface area contributed by atoms with E-state index in [2.05, 4.69) is 24.8 Å². The minimum absolute atomic E-state index is 0.296. The average molecular weight is 370 g/mol. The van der Waals surface area contributed by atoms with Crippen molar-refractivity contribution in [2.45, 2.75) is 39.2 Å². The molecular weight excluding hydrogens is 338 g/mol. The molecule has 0 N–H and O–H groups in total. The molecule has 1 aliphatic carbocycles. The molecule has 1 aromatic carbocycles. The van der Waals surface area contributed by atoms with Crippen molar-refractivity contribution in [1.29, 1.82) is 5.26 Å². The van der Waals surface area contributed by atoms with Crippen LogP contribution in [0.4, 0.5) is 0 Å². The van der Waals surface area contributed by atoms with Gasteiger partial charge in [0.1, 0.15) is 12.4 Å². The van der Waals surface area contributed by atoms with Crippen LogP contribution in [0.25, 0.3) is 0 Å². The van der Waals surface area contributed by atoms with Gasteiger partial charge in [-0.25, -0.2) is 0 Å². The van der Waals surface area contributed by atoms with E-state index in [1.807, 2.05) is 24.1 Å². The van der Waals surface area contributed by atoms with E-state index in [1.165, 1.54) is 12.8 Å². The maximum Gasteiger partial charge on any atom is 0.222 e. The molecule has 3 rings (SSSR count). The van der Waals surface area contributed by atoms with E-state index < -0.39 is 0 Å². The van der Waals surface area contributed by atoms with E-state index in [-0.39, 0.29) is 0 Å². The molecular formula is C22H31N3O2. The van der Waals surface area contributed by atoms with Crippen LogP contribution in [0.2, 0.25) is 0 Å². The highest BCUT2D eigenvalue weighted by Gasteiger charge is 2.44. The zero-order valence-corrected chi connectivity index (χ0v) is 16.7. The number of benzene rings is 1. The molecule has 1 saturated carbocycles. The fraction of sp³-hybridized carbons (Fsp3) is 0.636. The van der Waals surface area contributed by atoms with E-state index >= 15 is 0 Å². The molecule has 2 atom stereocenters. The summed E-state index contributed by atoms with van der Waals surface area (Å²) in [5.74, 6) is 2.69. The SMILES string of the molecule is CC(C)CC(=O)N(C)C1C2CCC1CN(CCOc1ccc(C#N)cc1)C2. The van der Waals surface area contributed by atoms with Crippen molar-refractivity contribution >= 4 is 5.91 Å². The van der Waals surface area contributed by atoms with Crippen molar-refractivity contribution in [3.05, 3.63) is 29.8 Å². The number of fused-ring (bicyclic) bond motifs is 2. The van der Waals surface area contributed by atoms with E-state index in [0.717, 1.165) is 25.4 Å². The van der Waals surface area contributed by atoms with Gasteiger partial charge in [0, 0.05) is 39.1 Å². The van der Waals surface area contributed by atoms with Gasteiger partial charge < -0.3 is 9.64 Å². The normalized spacial score (nSPS) is 24.6. The molecule has 27 heavy (non-hydrogen) atoms. The molecule has 1 heterocycles. The van der Waals surface area contributed by atoms with E-state index in [0.29, 0.717) is 48.3 Å². The predicted molar refractivity (Wildman–Crippen MR) is 105 cm³/mol. The smallest absolute Gasteiger partial charge is 0.222 e. The number of nitrogens with zero attached hydrogens (tertiary/aromatic N) is 3. The van der Waals surface area contributed by atoms with Crippen LogP contribution in [0.1, 0.15) is 38.7 Å². The van der Waals surface area contributed by atoms with Gasteiger partial charge in [-0.3, -0.25) is 9.69 Å². The monoisotopic (exact) mass is 369 g/mol. The molecule has 1 aromatic rings. The molecule has 1 saturated heterocycles. The summed E-state index contributed by atoms with van der Waals surface area (Å²) in [4.78, 5) is 17.0. The van der Waals surface area contributed by atoms with Crippen LogP contribution >= 0.6 is 0 Å². The minimum Gasteiger partial charge on any atom is -0.492 e. The third-order valence-corrected chi connectivity index (χ3v) is 5.94. The number of nitriles is 1. The first-order valence-corrected chi connectivity index (χ1v) is 10.1. The number of rotatable bonds is 7. The molecule has 0 aromatic heterocycles. The van der Waals surface area contributed by atoms with Crippen LogP contribution in [0.5, 0.6) is 5.75 Å². The molecule has 5 nitrogen and oxygen atoms in total. The quantitative estimate of drug-likeness (QED) is 0.741. The predicted octanol–water partition coefficient (Wildman–Crippen LogP) is 3.15. The van der Waals surface area contributed by atoms with E-state index in [9.17, 15) is 4.79 Å². The van der Waals surface area contributed by atoms with Crippen molar-refractivity contribution in [3.8, 4) is 11.8 Å². The first-order chi connectivity index (χ1) is 13.0. The van der Waals surface area contributed by atoms with Gasteiger partial charge in [0.25, 0.3) is 0 Å². The van der Waals surface area contributed by atoms with Crippen LogP contribution in [0, 0.1) is 29.1 Å². The van der Waals surface area contributed by atoms with Crippen molar-refractivity contribution in [1.82, 2.24) is 9.80 Å². The van der Waals surface area contributed by atoms with Crippen LogP contribution < -0.4 is 4.74 Å². The molecule has 0 radical (unpaired) electrons. The first kappa shape index (κ1) is 19.7. The first-order valence-electron chi connectivity index (χ1n) is 10.1. The average Bonchev–Trinajstić information content (AvgIpc) is 2.91. The summed E-state index contributed by atoms with van der Waals surface area (Å²) in [6.45, 7) is 7.88. The van der Waals surface area contributed by atoms with Crippen LogP contribution in [0.3, 0.4) is 0 Å². The van der Waals surface area contributed by atoms with Gasteiger partial charge in [-0.05, 0) is 54.9 Å². The second kappa shape index (κ2) is 8.75. The highest BCUT2D eigenvalue weighted by atomic mass is 16.5. The fourth-order valence-corrected chi connectivity index (χ4v) is 4.68. The Morgan fingerprint density at radius 1 is 1.26 bits per heavy atom. The van der Waals surface area contributed by atoms with Gasteiger partial charge >= 0.3 is 0 Å². The zero-order chi connectivity index (χ0) is 19.4. The van der Waals surface area contributed by atoms with Crippen LogP contribution in [0.15, 0.2) is 24.3 Å². The lowest BCUT2D eigenvalue weighted by Gasteiger charge is -2.42. The summed E-state index contributed by atoms with van der Waals surface area (Å²) < 4.78 is 5.84. The fourth-order valence-electron chi connectivity index (χ4n) is 4.68. The lowest BCUT2D eigenvalue weighted by Crippen LogP contribution is -2.53. The number of carbonyl (C=O) groups is 1. The number of amides is 1. The van der Waals surface area contributed by atoms with E-state index in [1.54, 1.807) is 12.1 Å². The molecule has 0 spiro atoms. The molecule has 2 fully saturated rings. The van der Waals surface area contributed by atoms with Crippen molar-refractivity contribution in [3.63, 3.8) is 0 Å². The van der Waals surface area contributed by atoms with Crippen molar-refractivity contribution < 1.29 is 9.53 Å². The Morgan fingerprint density at radius 3 is 2.44 bits per heavy atom. The third kappa shape index (κ3) is 4.81. The lowest BCUT2D eigenvalue weighted by molar-refractivity contribution is -0.135. The molecule has 2 unspecified atom stereocenters. The molecule has 1 amide bonds. The van der Waals surface area contributed by atoms with Gasteiger partial charge in [0.2, 0.25) is 5.91 Å². The Bertz CT molecular complexity index is 666. The van der Waals surface area contributed by atoms with E-state index in [4.69, 9.17) is 10.00 Å². The number of carbonyl (C=O) groups excluding carboxylic acids is 1. The molecule has 5 heteroatoms. The van der Waals surface area contributed by atoms with Gasteiger partial charge in [-0.1, -0.05) is 13.8 Å². The summed E-state index contributed by atoms with van der Waals surface area (Å²) in [7, 11) is 2.00. The van der Waals surface area contributed by atoms with Gasteiger partial charge in [-0.15, -0.1) is 0 Å². The molecule has 146 valence electrons. The summed E-state index contributed by atoms with van der Waals surface area (Å²) in [5.41, 5.74) is 0.650. The maximum absolute atomic E-state index is 12.5. The number of piperidine rings is 1. The Morgan fingerprint density at radius 2 is 1.89 bits per heavy atom. The summed E-state index contributed by atoms with van der Waals surface area (Å²) in [5, 5.41) is 8.85. The van der Waals surface area contributed by atoms with Crippen molar-refractivity contribution in [2.75, 3.05) is 33.3 Å². The summed E-state index contributed by atoms with van der Waals surface area (Å²) in [6, 6.07) is 9.79. The Balaban J connectivity index is 1.48. The molecule has 2 aliphatic rings. The number of hydrogen-bond donors (Lipinski definition) is 0. The summed E-state index contributed by atoms with van der Waals surface area (Å²) >= 11 is 0. The standard InChI is InChI=1S/C22H31N3O2/c1-16(2)12-21(26)24(3)22-18-6-7-19(22)15-25(14-18)10-11-27-20-8-4-17(13-23)5-9-20/h4-5,8-9,16,18-19,22H,6-7,10-12,14-15H2,1-3H3. The minimum atomic E-state index is 0.296. The zero-order valence-electron chi connectivity index (χ0n) is 16.7. The lowest BCUT2D eigenvalue weighted by atomic mass is 9.90. The van der Waals surface area contributed by atoms with Gasteiger partial charge in [0.05, 0.1) is 11.6 Å². The largest absolute Gasteiger partial charge is 0.492 e. The molecule has 1 aliphatic heterocycles. The Hall–Kier alpha value is -2.06. The highest BCUT2D eigenvalue weighted by molar-refractivity contribution is 5.76. The molecule has 2 bridgehead atoms. The van der Waals surface area contributed by atoms with Gasteiger partial charge in [-0.2, -0.15) is 5.26 Å². The summed E-state index contributed by atoms with van der Waals surface area (Å²) in [6.07, 6.45) is 3.10.